The van der Waals surface area contributed by atoms with Crippen LogP contribution in [0.25, 0.3) is 22.1 Å². The highest BCUT2D eigenvalue weighted by atomic mass is 16.5. The molecule has 0 spiro atoms. The summed E-state index contributed by atoms with van der Waals surface area (Å²) >= 11 is 0. The van der Waals surface area contributed by atoms with Crippen LogP contribution in [0.5, 0.6) is 5.75 Å². The van der Waals surface area contributed by atoms with Crippen LogP contribution in [-0.2, 0) is 6.54 Å². The Morgan fingerprint density at radius 2 is 1.93 bits per heavy atom. The van der Waals surface area contributed by atoms with E-state index in [4.69, 9.17) is 4.74 Å². The van der Waals surface area contributed by atoms with Crippen LogP contribution in [0, 0.1) is 0 Å². The Labute approximate surface area is 156 Å². The third-order valence-corrected chi connectivity index (χ3v) is 4.33. The zero-order valence-corrected chi connectivity index (χ0v) is 15.3. The molecule has 0 atom stereocenters. The van der Waals surface area contributed by atoms with Gasteiger partial charge in [-0.05, 0) is 24.6 Å². The lowest BCUT2D eigenvalue weighted by atomic mass is 10.2. The van der Waals surface area contributed by atoms with Crippen LogP contribution < -0.4 is 10.2 Å². The van der Waals surface area contributed by atoms with Crippen molar-refractivity contribution in [1.82, 2.24) is 19.7 Å². The standard InChI is InChI=1S/C20H20N6O/c1-3-12-26-16-10-6-5-9-15(16)18-19(26)22-20(25-23-18)24-21-13-14-8-4-7-11-17(14)27-2/h4-11,13H,3,12H2,1-2H3,(H,22,24,25). The quantitative estimate of drug-likeness (QED) is 0.417. The minimum absolute atomic E-state index is 0.355. The Balaban J connectivity index is 1.68. The molecule has 0 aliphatic heterocycles. The average molecular weight is 360 g/mol. The molecule has 0 saturated heterocycles. The van der Waals surface area contributed by atoms with Gasteiger partial charge >= 0.3 is 0 Å². The van der Waals surface area contributed by atoms with Crippen molar-refractivity contribution in [3.05, 3.63) is 54.1 Å². The Bertz CT molecular complexity index is 1120. The first-order chi connectivity index (χ1) is 13.3. The van der Waals surface area contributed by atoms with Gasteiger partial charge in [-0.1, -0.05) is 37.3 Å². The van der Waals surface area contributed by atoms with Gasteiger partial charge in [0, 0.05) is 17.5 Å². The van der Waals surface area contributed by atoms with Gasteiger partial charge in [-0.3, -0.25) is 0 Å². The molecule has 4 rings (SSSR count). The summed E-state index contributed by atoms with van der Waals surface area (Å²) in [5.74, 6) is 1.11. The summed E-state index contributed by atoms with van der Waals surface area (Å²) in [5, 5.41) is 13.8. The molecule has 0 bridgehead atoms. The fourth-order valence-electron chi connectivity index (χ4n) is 3.13. The van der Waals surface area contributed by atoms with Crippen molar-refractivity contribution < 1.29 is 4.74 Å². The van der Waals surface area contributed by atoms with Crippen LogP contribution in [-0.4, -0.2) is 33.1 Å². The van der Waals surface area contributed by atoms with Gasteiger partial charge in [0.05, 0.1) is 18.8 Å². The number of hydrogen-bond acceptors (Lipinski definition) is 6. The molecule has 0 amide bonds. The van der Waals surface area contributed by atoms with E-state index in [1.165, 1.54) is 0 Å². The van der Waals surface area contributed by atoms with Gasteiger partial charge in [-0.2, -0.15) is 10.1 Å². The maximum atomic E-state index is 5.32. The van der Waals surface area contributed by atoms with Crippen molar-refractivity contribution in [2.75, 3.05) is 12.5 Å². The topological polar surface area (TPSA) is 77.2 Å². The summed E-state index contributed by atoms with van der Waals surface area (Å²) in [4.78, 5) is 4.64. The Hall–Kier alpha value is -3.48. The van der Waals surface area contributed by atoms with Gasteiger partial charge in [0.2, 0.25) is 0 Å². The average Bonchev–Trinajstić information content (AvgIpc) is 3.02. The van der Waals surface area contributed by atoms with E-state index in [0.717, 1.165) is 46.3 Å². The van der Waals surface area contributed by atoms with E-state index in [-0.39, 0.29) is 0 Å². The third-order valence-electron chi connectivity index (χ3n) is 4.33. The summed E-state index contributed by atoms with van der Waals surface area (Å²) in [7, 11) is 1.63. The molecule has 1 N–H and O–H groups in total. The van der Waals surface area contributed by atoms with Crippen molar-refractivity contribution in [1.29, 1.82) is 0 Å². The summed E-state index contributed by atoms with van der Waals surface area (Å²) in [6.45, 7) is 3.01. The minimum Gasteiger partial charge on any atom is -0.496 e. The number of nitrogens with one attached hydrogen (secondary N) is 1. The first-order valence-electron chi connectivity index (χ1n) is 8.85. The van der Waals surface area contributed by atoms with Gasteiger partial charge < -0.3 is 9.30 Å². The lowest BCUT2D eigenvalue weighted by molar-refractivity contribution is 0.414. The van der Waals surface area contributed by atoms with E-state index in [9.17, 15) is 0 Å². The van der Waals surface area contributed by atoms with Gasteiger partial charge in [0.1, 0.15) is 11.3 Å². The largest absolute Gasteiger partial charge is 0.496 e. The van der Waals surface area contributed by atoms with Gasteiger partial charge in [-0.25, -0.2) is 5.43 Å². The van der Waals surface area contributed by atoms with Gasteiger partial charge in [0.15, 0.2) is 5.65 Å². The predicted octanol–water partition coefficient (Wildman–Crippen LogP) is 3.84. The number of fused-ring (bicyclic) bond motifs is 3. The predicted molar refractivity (Wildman–Crippen MR) is 107 cm³/mol. The number of anilines is 1. The number of nitrogens with zero attached hydrogens (tertiary/aromatic N) is 5. The first-order valence-corrected chi connectivity index (χ1v) is 8.85. The summed E-state index contributed by atoms with van der Waals surface area (Å²) in [6, 6.07) is 15.8. The minimum atomic E-state index is 0.355. The molecule has 0 unspecified atom stereocenters. The van der Waals surface area contributed by atoms with E-state index in [2.05, 4.69) is 43.3 Å². The van der Waals surface area contributed by atoms with Crippen molar-refractivity contribution in [3.8, 4) is 5.75 Å². The highest BCUT2D eigenvalue weighted by molar-refractivity contribution is 6.04. The molecule has 2 heterocycles. The summed E-state index contributed by atoms with van der Waals surface area (Å²) < 4.78 is 7.49. The molecule has 2 aromatic carbocycles. The molecule has 0 radical (unpaired) electrons. The highest BCUT2D eigenvalue weighted by Crippen LogP contribution is 2.26. The van der Waals surface area contributed by atoms with Crippen LogP contribution in [0.15, 0.2) is 53.6 Å². The fraction of sp³-hybridized carbons (Fsp3) is 0.200. The maximum Gasteiger partial charge on any atom is 0.265 e. The normalized spacial score (nSPS) is 11.5. The Kier molecular flexibility index (Phi) is 4.65. The number of hydrogen-bond donors (Lipinski definition) is 1. The summed E-state index contributed by atoms with van der Waals surface area (Å²) in [5.41, 5.74) is 6.46. The summed E-state index contributed by atoms with van der Waals surface area (Å²) in [6.07, 6.45) is 2.68. The van der Waals surface area contributed by atoms with E-state index < -0.39 is 0 Å². The number of para-hydroxylation sites is 2. The monoisotopic (exact) mass is 360 g/mol. The van der Waals surface area contributed by atoms with Crippen LogP contribution >= 0.6 is 0 Å². The molecular formula is C20H20N6O. The van der Waals surface area contributed by atoms with Gasteiger partial charge in [0.25, 0.3) is 5.95 Å². The van der Waals surface area contributed by atoms with E-state index >= 15 is 0 Å². The number of ether oxygens (including phenoxy) is 1. The number of methoxy groups -OCH3 is 1. The molecule has 136 valence electrons. The van der Waals surface area contributed by atoms with Crippen LogP contribution in [0.1, 0.15) is 18.9 Å². The van der Waals surface area contributed by atoms with Crippen LogP contribution in [0.3, 0.4) is 0 Å². The maximum absolute atomic E-state index is 5.32. The molecule has 0 saturated carbocycles. The molecular weight excluding hydrogens is 340 g/mol. The zero-order valence-electron chi connectivity index (χ0n) is 15.3. The lowest BCUT2D eigenvalue weighted by Gasteiger charge is -2.05. The number of benzene rings is 2. The number of hydrazone groups is 1. The van der Waals surface area contributed by atoms with Crippen molar-refractivity contribution in [2.45, 2.75) is 19.9 Å². The molecule has 27 heavy (non-hydrogen) atoms. The molecule has 7 heteroatoms. The molecule has 2 aromatic heterocycles. The number of aromatic nitrogens is 4. The third kappa shape index (κ3) is 3.19. The second-order valence-corrected chi connectivity index (χ2v) is 6.09. The molecule has 7 nitrogen and oxygen atoms in total. The molecule has 0 aliphatic carbocycles. The highest BCUT2D eigenvalue weighted by Gasteiger charge is 2.13. The SMILES string of the molecule is CCCn1c2ccccc2c2nnc(NN=Cc3ccccc3OC)nc21. The van der Waals surface area contributed by atoms with E-state index in [1.807, 2.05) is 42.5 Å². The number of aryl methyl sites for hydroxylation is 1. The van der Waals surface area contributed by atoms with E-state index in [1.54, 1.807) is 13.3 Å². The Morgan fingerprint density at radius 1 is 1.11 bits per heavy atom. The van der Waals surface area contributed by atoms with Gasteiger partial charge in [-0.15, -0.1) is 10.2 Å². The van der Waals surface area contributed by atoms with Crippen LogP contribution in [0.4, 0.5) is 5.95 Å². The number of rotatable bonds is 6. The van der Waals surface area contributed by atoms with Crippen molar-refractivity contribution >= 4 is 34.2 Å². The molecule has 0 fully saturated rings. The fourth-order valence-corrected chi connectivity index (χ4v) is 3.13. The second kappa shape index (κ2) is 7.41. The lowest BCUT2D eigenvalue weighted by Crippen LogP contribution is -2.03. The van der Waals surface area contributed by atoms with Crippen molar-refractivity contribution in [3.63, 3.8) is 0 Å². The molecule has 0 aliphatic rings. The Morgan fingerprint density at radius 3 is 2.78 bits per heavy atom. The smallest absolute Gasteiger partial charge is 0.265 e. The molecule has 4 aromatic rings. The van der Waals surface area contributed by atoms with Crippen LogP contribution in [0.2, 0.25) is 0 Å². The van der Waals surface area contributed by atoms with E-state index in [0.29, 0.717) is 5.95 Å². The van der Waals surface area contributed by atoms with Crippen molar-refractivity contribution in [2.24, 2.45) is 5.10 Å². The second-order valence-electron chi connectivity index (χ2n) is 6.09. The zero-order chi connectivity index (χ0) is 18.6. The first kappa shape index (κ1) is 17.0.